The third kappa shape index (κ3) is 2.96. The molecule has 2 atom stereocenters. The molecule has 0 aromatic heterocycles. The van der Waals surface area contributed by atoms with Crippen molar-refractivity contribution in [1.82, 2.24) is 0 Å². The largest absolute Gasteiger partial charge is 0.367 e. The topological polar surface area (TPSA) is 29.3 Å². The molecular weight excluding hydrogens is 256 g/mol. The van der Waals surface area contributed by atoms with Crippen LogP contribution in [0.5, 0.6) is 0 Å². The Hall–Kier alpha value is -1.80. The third-order valence-corrected chi connectivity index (χ3v) is 4.63. The smallest absolute Gasteiger partial charge is 0.0418 e. The molecule has 1 aliphatic heterocycles. The summed E-state index contributed by atoms with van der Waals surface area (Å²) < 4.78 is 0. The molecule has 21 heavy (non-hydrogen) atoms. The molecule has 2 aromatic carbocycles. The van der Waals surface area contributed by atoms with Crippen LogP contribution in [0.2, 0.25) is 0 Å². The van der Waals surface area contributed by atoms with Crippen molar-refractivity contribution in [2.75, 3.05) is 18.0 Å². The summed E-state index contributed by atoms with van der Waals surface area (Å²) in [6.45, 7) is 4.12. The average Bonchev–Trinajstić information content (AvgIpc) is 2.97. The van der Waals surface area contributed by atoms with E-state index in [1.165, 1.54) is 16.8 Å². The van der Waals surface area contributed by atoms with Gasteiger partial charge in [0.05, 0.1) is 0 Å². The number of hydrogen-bond donors (Lipinski definition) is 1. The SMILES string of the molecule is CC(CC(CN)N1CCc2ccccc21)c1ccccc1. The Morgan fingerprint density at radius 2 is 1.76 bits per heavy atom. The van der Waals surface area contributed by atoms with Crippen LogP contribution in [0.4, 0.5) is 5.69 Å². The van der Waals surface area contributed by atoms with Crippen LogP contribution >= 0.6 is 0 Å². The number of rotatable bonds is 5. The molecule has 2 nitrogen and oxygen atoms in total. The molecule has 0 saturated heterocycles. The van der Waals surface area contributed by atoms with Crippen LogP contribution < -0.4 is 10.6 Å². The number of para-hydroxylation sites is 1. The first kappa shape index (κ1) is 14.2. The maximum atomic E-state index is 6.09. The highest BCUT2D eigenvalue weighted by molar-refractivity contribution is 5.58. The van der Waals surface area contributed by atoms with Gasteiger partial charge in [-0.25, -0.2) is 0 Å². The van der Waals surface area contributed by atoms with Gasteiger partial charge in [-0.15, -0.1) is 0 Å². The minimum Gasteiger partial charge on any atom is -0.367 e. The highest BCUT2D eigenvalue weighted by Crippen LogP contribution is 2.32. The number of benzene rings is 2. The van der Waals surface area contributed by atoms with Crippen LogP contribution in [0.1, 0.15) is 30.4 Å². The molecule has 2 N–H and O–H groups in total. The molecule has 3 rings (SSSR count). The van der Waals surface area contributed by atoms with Crippen molar-refractivity contribution in [1.29, 1.82) is 0 Å². The second-order valence-corrected chi connectivity index (χ2v) is 6.01. The zero-order chi connectivity index (χ0) is 14.7. The maximum Gasteiger partial charge on any atom is 0.0418 e. The Morgan fingerprint density at radius 1 is 1.05 bits per heavy atom. The molecular formula is C19H24N2. The van der Waals surface area contributed by atoms with Crippen LogP contribution in [-0.2, 0) is 6.42 Å². The number of nitrogens with zero attached hydrogens (tertiary/aromatic N) is 1. The average molecular weight is 280 g/mol. The van der Waals surface area contributed by atoms with Crippen molar-refractivity contribution in [3.05, 3.63) is 65.7 Å². The number of nitrogens with two attached hydrogens (primary N) is 1. The second-order valence-electron chi connectivity index (χ2n) is 6.01. The lowest BCUT2D eigenvalue weighted by Gasteiger charge is -2.31. The Kier molecular flexibility index (Phi) is 4.26. The molecule has 110 valence electrons. The molecule has 2 heteroatoms. The molecule has 0 fully saturated rings. The van der Waals surface area contributed by atoms with Crippen LogP contribution in [0.25, 0.3) is 0 Å². The fourth-order valence-electron chi connectivity index (χ4n) is 3.42. The Morgan fingerprint density at radius 3 is 2.52 bits per heavy atom. The summed E-state index contributed by atoms with van der Waals surface area (Å²) in [6, 6.07) is 19.9. The summed E-state index contributed by atoms with van der Waals surface area (Å²) in [5, 5.41) is 0. The summed E-state index contributed by atoms with van der Waals surface area (Å²) in [5.41, 5.74) is 10.3. The molecule has 1 aliphatic rings. The van der Waals surface area contributed by atoms with Crippen LogP contribution in [0.3, 0.4) is 0 Å². The van der Waals surface area contributed by atoms with Gasteiger partial charge in [0.25, 0.3) is 0 Å². The van der Waals surface area contributed by atoms with Gasteiger partial charge in [-0.2, -0.15) is 0 Å². The first-order valence-corrected chi connectivity index (χ1v) is 7.89. The predicted molar refractivity (Wildman–Crippen MR) is 89.8 cm³/mol. The van der Waals surface area contributed by atoms with Gasteiger partial charge < -0.3 is 10.6 Å². The minimum absolute atomic E-state index is 0.420. The van der Waals surface area contributed by atoms with Crippen molar-refractivity contribution < 1.29 is 0 Å². The molecule has 1 heterocycles. The number of hydrogen-bond acceptors (Lipinski definition) is 2. The standard InChI is InChI=1S/C19H24N2/c1-15(16-7-3-2-4-8-16)13-18(14-20)21-12-11-17-9-5-6-10-19(17)21/h2-10,15,18H,11-14,20H2,1H3. The van der Waals surface area contributed by atoms with Gasteiger partial charge in [0, 0.05) is 24.8 Å². The Balaban J connectivity index is 1.75. The lowest BCUT2D eigenvalue weighted by molar-refractivity contribution is 0.522. The number of anilines is 1. The zero-order valence-corrected chi connectivity index (χ0v) is 12.7. The highest BCUT2D eigenvalue weighted by Gasteiger charge is 2.26. The van der Waals surface area contributed by atoms with Gasteiger partial charge in [-0.1, -0.05) is 55.5 Å². The van der Waals surface area contributed by atoms with Crippen molar-refractivity contribution in [3.8, 4) is 0 Å². The van der Waals surface area contributed by atoms with E-state index >= 15 is 0 Å². The third-order valence-electron chi connectivity index (χ3n) is 4.63. The fraction of sp³-hybridized carbons (Fsp3) is 0.368. The summed E-state index contributed by atoms with van der Waals surface area (Å²) in [4.78, 5) is 2.51. The van der Waals surface area contributed by atoms with Crippen LogP contribution in [0, 0.1) is 0 Å². The minimum atomic E-state index is 0.420. The summed E-state index contributed by atoms with van der Waals surface area (Å²) in [7, 11) is 0. The van der Waals surface area contributed by atoms with Crippen LogP contribution in [-0.4, -0.2) is 19.1 Å². The Labute approximate surface area is 127 Å². The van der Waals surface area contributed by atoms with Crippen molar-refractivity contribution in [3.63, 3.8) is 0 Å². The van der Waals surface area contributed by atoms with E-state index in [2.05, 4.69) is 66.4 Å². The van der Waals surface area contributed by atoms with Crippen molar-refractivity contribution in [2.24, 2.45) is 5.73 Å². The lowest BCUT2D eigenvalue weighted by atomic mass is 9.93. The van der Waals surface area contributed by atoms with E-state index < -0.39 is 0 Å². The van der Waals surface area contributed by atoms with Gasteiger partial charge in [0.15, 0.2) is 0 Å². The first-order valence-electron chi connectivity index (χ1n) is 7.89. The normalized spacial score (nSPS) is 16.6. The van der Waals surface area contributed by atoms with E-state index in [1.807, 2.05) is 0 Å². The molecule has 0 amide bonds. The molecule has 0 spiro atoms. The monoisotopic (exact) mass is 280 g/mol. The molecule has 2 unspecified atom stereocenters. The maximum absolute atomic E-state index is 6.09. The van der Waals surface area contributed by atoms with E-state index in [1.54, 1.807) is 0 Å². The zero-order valence-electron chi connectivity index (χ0n) is 12.7. The number of fused-ring (bicyclic) bond motifs is 1. The molecule has 2 aromatic rings. The van der Waals surface area contributed by atoms with Gasteiger partial charge in [-0.05, 0) is 36.0 Å². The van der Waals surface area contributed by atoms with E-state index in [4.69, 9.17) is 5.73 Å². The van der Waals surface area contributed by atoms with E-state index in [-0.39, 0.29) is 0 Å². The van der Waals surface area contributed by atoms with Crippen LogP contribution in [0.15, 0.2) is 54.6 Å². The molecule has 0 saturated carbocycles. The van der Waals surface area contributed by atoms with Gasteiger partial charge in [-0.3, -0.25) is 0 Å². The fourth-order valence-corrected chi connectivity index (χ4v) is 3.42. The summed E-state index contributed by atoms with van der Waals surface area (Å²) >= 11 is 0. The summed E-state index contributed by atoms with van der Waals surface area (Å²) in [6.07, 6.45) is 2.25. The lowest BCUT2D eigenvalue weighted by Crippen LogP contribution is -2.40. The van der Waals surface area contributed by atoms with E-state index in [0.717, 1.165) is 19.4 Å². The highest BCUT2D eigenvalue weighted by atomic mass is 15.2. The molecule has 0 aliphatic carbocycles. The van der Waals surface area contributed by atoms with Crippen molar-refractivity contribution in [2.45, 2.75) is 31.7 Å². The Bertz CT molecular complexity index is 579. The van der Waals surface area contributed by atoms with E-state index in [0.29, 0.717) is 18.5 Å². The van der Waals surface area contributed by atoms with Gasteiger partial charge >= 0.3 is 0 Å². The van der Waals surface area contributed by atoms with Crippen molar-refractivity contribution >= 4 is 5.69 Å². The van der Waals surface area contributed by atoms with Gasteiger partial charge in [0.2, 0.25) is 0 Å². The first-order chi connectivity index (χ1) is 10.3. The predicted octanol–water partition coefficient (Wildman–Crippen LogP) is 3.57. The second kappa shape index (κ2) is 6.31. The molecule has 0 bridgehead atoms. The van der Waals surface area contributed by atoms with Gasteiger partial charge in [0.1, 0.15) is 0 Å². The van der Waals surface area contributed by atoms with E-state index in [9.17, 15) is 0 Å². The summed E-state index contributed by atoms with van der Waals surface area (Å²) in [5.74, 6) is 0.535. The molecule has 0 radical (unpaired) electrons. The quantitative estimate of drug-likeness (QED) is 0.907.